The standard InChI is InChI=1S/C26H39NO11/c1-9-25(4,5)37-23(31)35-17-12-11-16(13-18(17)36-24(32)38-26(6,7)10-2)19(20(27)21(28)29)15(3)14-34-22(30)33-8/h11-13,15,19-20H,9-10,14,27H2,1-8H3,(H,28,29)/t15?,19?,20-/m0/s1. The molecule has 1 aromatic rings. The Morgan fingerprint density at radius 3 is 1.84 bits per heavy atom. The van der Waals surface area contributed by atoms with E-state index in [2.05, 4.69) is 4.74 Å². The first kappa shape index (κ1) is 32.5. The Morgan fingerprint density at radius 1 is 0.895 bits per heavy atom. The quantitative estimate of drug-likeness (QED) is 0.206. The van der Waals surface area contributed by atoms with E-state index in [1.165, 1.54) is 18.2 Å². The summed E-state index contributed by atoms with van der Waals surface area (Å²) in [6.07, 6.45) is -2.03. The summed E-state index contributed by atoms with van der Waals surface area (Å²) in [5.41, 5.74) is 4.64. The van der Waals surface area contributed by atoms with E-state index in [4.69, 9.17) is 29.4 Å². The van der Waals surface area contributed by atoms with Crippen LogP contribution in [0.2, 0.25) is 0 Å². The van der Waals surface area contributed by atoms with Crippen LogP contribution in [0.1, 0.15) is 72.8 Å². The van der Waals surface area contributed by atoms with Crippen molar-refractivity contribution < 1.29 is 52.7 Å². The van der Waals surface area contributed by atoms with Crippen LogP contribution in [-0.2, 0) is 23.7 Å². The predicted octanol–water partition coefficient (Wildman–Crippen LogP) is 5.01. The molecule has 0 radical (unpaired) electrons. The summed E-state index contributed by atoms with van der Waals surface area (Å²) >= 11 is 0. The van der Waals surface area contributed by atoms with Gasteiger partial charge in [-0.05, 0) is 64.2 Å². The van der Waals surface area contributed by atoms with Crippen LogP contribution in [0.25, 0.3) is 0 Å². The van der Waals surface area contributed by atoms with E-state index in [0.29, 0.717) is 18.4 Å². The van der Waals surface area contributed by atoms with Gasteiger partial charge >= 0.3 is 24.4 Å². The Kier molecular flexibility index (Phi) is 11.8. The number of nitrogens with two attached hydrogens (primary N) is 1. The van der Waals surface area contributed by atoms with E-state index in [1.807, 2.05) is 13.8 Å². The van der Waals surface area contributed by atoms with Crippen LogP contribution in [0.5, 0.6) is 11.5 Å². The number of carbonyl (C=O) groups excluding carboxylic acids is 3. The summed E-state index contributed by atoms with van der Waals surface area (Å²) in [6, 6.07) is 2.67. The van der Waals surface area contributed by atoms with Gasteiger partial charge in [0.15, 0.2) is 11.5 Å². The summed E-state index contributed by atoms with van der Waals surface area (Å²) in [6.45, 7) is 11.9. The van der Waals surface area contributed by atoms with Crippen molar-refractivity contribution in [2.45, 2.75) is 84.5 Å². The average Bonchev–Trinajstić information content (AvgIpc) is 2.83. The third kappa shape index (κ3) is 10.1. The van der Waals surface area contributed by atoms with Gasteiger partial charge in [0.1, 0.15) is 17.2 Å². The number of hydrogen-bond acceptors (Lipinski definition) is 11. The molecule has 0 aromatic heterocycles. The van der Waals surface area contributed by atoms with Gasteiger partial charge in [-0.2, -0.15) is 0 Å². The average molecular weight is 542 g/mol. The molecule has 0 bridgehead atoms. The molecule has 0 heterocycles. The number of ether oxygens (including phenoxy) is 6. The Balaban J connectivity index is 3.46. The highest BCUT2D eigenvalue weighted by Crippen LogP contribution is 2.36. The Hall–Kier alpha value is -3.54. The van der Waals surface area contributed by atoms with Gasteiger partial charge in [0, 0.05) is 5.92 Å². The van der Waals surface area contributed by atoms with Crippen LogP contribution in [-0.4, -0.2) is 60.5 Å². The molecule has 0 saturated carbocycles. The summed E-state index contributed by atoms with van der Waals surface area (Å²) in [7, 11) is 1.14. The van der Waals surface area contributed by atoms with Crippen LogP contribution >= 0.6 is 0 Å². The minimum absolute atomic E-state index is 0.169. The van der Waals surface area contributed by atoms with Gasteiger partial charge in [-0.15, -0.1) is 0 Å². The van der Waals surface area contributed by atoms with Gasteiger partial charge in [-0.1, -0.05) is 26.8 Å². The zero-order chi connectivity index (χ0) is 29.3. The Labute approximate surface area is 222 Å². The number of aliphatic carboxylic acids is 1. The molecule has 214 valence electrons. The fourth-order valence-electron chi connectivity index (χ4n) is 3.12. The monoisotopic (exact) mass is 541 g/mol. The number of carbonyl (C=O) groups is 4. The fraction of sp³-hybridized carbons (Fsp3) is 0.615. The van der Waals surface area contributed by atoms with Gasteiger partial charge < -0.3 is 39.3 Å². The second kappa shape index (κ2) is 13.8. The Morgan fingerprint density at radius 2 is 1.39 bits per heavy atom. The summed E-state index contributed by atoms with van der Waals surface area (Å²) in [5, 5.41) is 9.61. The Bertz CT molecular complexity index is 989. The normalized spacial score (nSPS) is 13.9. The topological polar surface area (TPSA) is 170 Å². The molecule has 3 N–H and O–H groups in total. The summed E-state index contributed by atoms with van der Waals surface area (Å²) in [4.78, 5) is 48.2. The van der Waals surface area contributed by atoms with Crippen molar-refractivity contribution in [1.82, 2.24) is 0 Å². The largest absolute Gasteiger partial charge is 0.514 e. The lowest BCUT2D eigenvalue weighted by atomic mass is 9.82. The summed E-state index contributed by atoms with van der Waals surface area (Å²) < 4.78 is 30.8. The molecular formula is C26H39NO11. The fourth-order valence-corrected chi connectivity index (χ4v) is 3.12. The highest BCUT2D eigenvalue weighted by atomic mass is 16.8. The maximum atomic E-state index is 12.6. The van der Waals surface area contributed by atoms with Gasteiger partial charge in [-0.25, -0.2) is 14.4 Å². The molecule has 2 unspecified atom stereocenters. The van der Waals surface area contributed by atoms with E-state index in [9.17, 15) is 24.3 Å². The van der Waals surface area contributed by atoms with Crippen LogP contribution in [0.3, 0.4) is 0 Å². The maximum absolute atomic E-state index is 12.6. The van der Waals surface area contributed by atoms with Crippen molar-refractivity contribution in [2.75, 3.05) is 13.7 Å². The van der Waals surface area contributed by atoms with Crippen molar-refractivity contribution >= 4 is 24.4 Å². The number of hydrogen-bond donors (Lipinski definition) is 2. The zero-order valence-corrected chi connectivity index (χ0v) is 23.2. The molecule has 0 aliphatic rings. The molecule has 3 atom stereocenters. The smallest absolute Gasteiger partial charge is 0.480 e. The SMILES string of the molecule is CCC(C)(C)OC(=O)Oc1ccc(C(C(C)COC(=O)OC)[C@H](N)C(=O)O)cc1OC(=O)OC(C)(C)CC. The van der Waals surface area contributed by atoms with Gasteiger partial charge in [0.25, 0.3) is 0 Å². The molecule has 12 nitrogen and oxygen atoms in total. The lowest BCUT2D eigenvalue weighted by Gasteiger charge is -2.28. The molecule has 38 heavy (non-hydrogen) atoms. The number of carboxylic acids is 1. The van der Waals surface area contributed by atoms with Gasteiger partial charge in [0.05, 0.1) is 13.7 Å². The van der Waals surface area contributed by atoms with Crippen molar-refractivity contribution in [3.63, 3.8) is 0 Å². The van der Waals surface area contributed by atoms with Crippen LogP contribution in [0.15, 0.2) is 18.2 Å². The zero-order valence-electron chi connectivity index (χ0n) is 23.2. The van der Waals surface area contributed by atoms with E-state index >= 15 is 0 Å². The van der Waals surface area contributed by atoms with E-state index in [1.54, 1.807) is 34.6 Å². The lowest BCUT2D eigenvalue weighted by molar-refractivity contribution is -0.139. The summed E-state index contributed by atoms with van der Waals surface area (Å²) in [5.74, 6) is -3.23. The van der Waals surface area contributed by atoms with Crippen molar-refractivity contribution in [3.05, 3.63) is 23.8 Å². The van der Waals surface area contributed by atoms with Crippen molar-refractivity contribution in [1.29, 1.82) is 0 Å². The van der Waals surface area contributed by atoms with Crippen molar-refractivity contribution in [3.8, 4) is 11.5 Å². The van der Waals surface area contributed by atoms with E-state index in [0.717, 1.165) is 7.11 Å². The third-order valence-corrected chi connectivity index (χ3v) is 6.08. The van der Waals surface area contributed by atoms with Crippen molar-refractivity contribution in [2.24, 2.45) is 11.7 Å². The first-order valence-corrected chi connectivity index (χ1v) is 12.2. The molecular weight excluding hydrogens is 502 g/mol. The highest BCUT2D eigenvalue weighted by molar-refractivity contribution is 5.75. The van der Waals surface area contributed by atoms with Crippen LogP contribution in [0.4, 0.5) is 14.4 Å². The molecule has 0 saturated heterocycles. The number of rotatable bonds is 12. The molecule has 1 rings (SSSR count). The minimum Gasteiger partial charge on any atom is -0.480 e. The molecule has 0 spiro atoms. The highest BCUT2D eigenvalue weighted by Gasteiger charge is 2.33. The molecule has 0 aliphatic heterocycles. The van der Waals surface area contributed by atoms with Gasteiger partial charge in [0.2, 0.25) is 0 Å². The first-order chi connectivity index (χ1) is 17.6. The van der Waals surface area contributed by atoms with Crippen LogP contribution < -0.4 is 15.2 Å². The number of benzene rings is 1. The second-order valence-corrected chi connectivity index (χ2v) is 9.97. The molecule has 0 aliphatic carbocycles. The van der Waals surface area contributed by atoms with E-state index < -0.39 is 53.5 Å². The van der Waals surface area contributed by atoms with E-state index in [-0.39, 0.29) is 18.1 Å². The number of carboxylic acid groups (broad SMARTS) is 1. The maximum Gasteiger partial charge on any atom is 0.514 e. The molecule has 0 amide bonds. The molecule has 0 fully saturated rings. The minimum atomic E-state index is -1.42. The third-order valence-electron chi connectivity index (χ3n) is 6.08. The van der Waals surface area contributed by atoms with Crippen LogP contribution in [0, 0.1) is 5.92 Å². The predicted molar refractivity (Wildman–Crippen MR) is 135 cm³/mol. The first-order valence-electron chi connectivity index (χ1n) is 12.2. The number of methoxy groups -OCH3 is 1. The molecule has 12 heteroatoms. The van der Waals surface area contributed by atoms with Gasteiger partial charge in [-0.3, -0.25) is 4.79 Å². The molecule has 1 aromatic carbocycles. The second-order valence-electron chi connectivity index (χ2n) is 9.97. The lowest BCUT2D eigenvalue weighted by Crippen LogP contribution is -2.40.